The quantitative estimate of drug-likeness (QED) is 0.662. The molecule has 3 aromatic carbocycles. The zero-order valence-corrected chi connectivity index (χ0v) is 16.3. The van der Waals surface area contributed by atoms with Gasteiger partial charge in [-0.05, 0) is 54.8 Å². The fraction of sp³-hybridized carbons (Fsp3) is 0.292. The summed E-state index contributed by atoms with van der Waals surface area (Å²) in [6.07, 6.45) is 0.493. The SMILES string of the molecule is Cc1cc2c(cc1NC(=O)Cc1ccc3ccccc3c1)[C@H]1O[C@H]1C(C)(C)O2. The van der Waals surface area contributed by atoms with E-state index >= 15 is 0 Å². The van der Waals surface area contributed by atoms with Crippen LogP contribution in [0.1, 0.15) is 36.6 Å². The lowest BCUT2D eigenvalue weighted by atomic mass is 9.93. The number of benzene rings is 3. The topological polar surface area (TPSA) is 50.9 Å². The van der Waals surface area contributed by atoms with Crippen molar-refractivity contribution in [2.24, 2.45) is 0 Å². The molecule has 0 aliphatic carbocycles. The first kappa shape index (κ1) is 17.3. The maximum atomic E-state index is 12.7. The summed E-state index contributed by atoms with van der Waals surface area (Å²) in [7, 11) is 0. The van der Waals surface area contributed by atoms with Gasteiger partial charge in [0, 0.05) is 11.3 Å². The van der Waals surface area contributed by atoms with Gasteiger partial charge in [-0.1, -0.05) is 42.5 Å². The zero-order valence-electron chi connectivity index (χ0n) is 16.3. The number of aryl methyl sites for hydroxylation is 1. The van der Waals surface area contributed by atoms with Crippen molar-refractivity contribution in [3.05, 3.63) is 71.3 Å². The van der Waals surface area contributed by atoms with Crippen molar-refractivity contribution in [1.82, 2.24) is 0 Å². The minimum Gasteiger partial charge on any atom is -0.485 e. The fourth-order valence-corrected chi connectivity index (χ4v) is 4.09. The lowest BCUT2D eigenvalue weighted by Crippen LogP contribution is -2.37. The predicted molar refractivity (Wildman–Crippen MR) is 110 cm³/mol. The van der Waals surface area contributed by atoms with E-state index in [1.807, 2.05) is 37.3 Å². The molecule has 142 valence electrons. The average molecular weight is 373 g/mol. The van der Waals surface area contributed by atoms with Crippen LogP contribution in [-0.2, 0) is 16.0 Å². The van der Waals surface area contributed by atoms with Crippen LogP contribution < -0.4 is 10.1 Å². The number of ether oxygens (including phenoxy) is 2. The molecule has 0 spiro atoms. The van der Waals surface area contributed by atoms with Gasteiger partial charge in [0.15, 0.2) is 0 Å². The molecule has 4 nitrogen and oxygen atoms in total. The molecule has 2 aliphatic rings. The highest BCUT2D eigenvalue weighted by Gasteiger charge is 2.56. The molecule has 1 amide bonds. The summed E-state index contributed by atoms with van der Waals surface area (Å²) in [5, 5.41) is 5.39. The van der Waals surface area contributed by atoms with Gasteiger partial charge in [0.25, 0.3) is 0 Å². The molecule has 5 rings (SSSR count). The van der Waals surface area contributed by atoms with Crippen molar-refractivity contribution in [3.8, 4) is 5.75 Å². The number of carbonyl (C=O) groups is 1. The molecule has 2 atom stereocenters. The Bertz CT molecular complexity index is 1100. The van der Waals surface area contributed by atoms with E-state index in [4.69, 9.17) is 9.47 Å². The Morgan fingerprint density at radius 2 is 1.86 bits per heavy atom. The van der Waals surface area contributed by atoms with Gasteiger partial charge in [-0.3, -0.25) is 4.79 Å². The van der Waals surface area contributed by atoms with Crippen LogP contribution in [0.15, 0.2) is 54.6 Å². The number of anilines is 1. The van der Waals surface area contributed by atoms with Gasteiger partial charge in [-0.25, -0.2) is 0 Å². The van der Waals surface area contributed by atoms with E-state index in [0.29, 0.717) is 6.42 Å². The molecule has 4 heteroatoms. The van der Waals surface area contributed by atoms with Gasteiger partial charge in [-0.2, -0.15) is 0 Å². The molecule has 1 fully saturated rings. The highest BCUT2D eigenvalue weighted by Crippen LogP contribution is 2.54. The first-order valence-corrected chi connectivity index (χ1v) is 9.67. The van der Waals surface area contributed by atoms with Crippen LogP contribution in [0.25, 0.3) is 10.8 Å². The number of nitrogens with one attached hydrogen (secondary N) is 1. The summed E-state index contributed by atoms with van der Waals surface area (Å²) >= 11 is 0. The summed E-state index contributed by atoms with van der Waals surface area (Å²) in [5.74, 6) is 0.831. The molecule has 0 bridgehead atoms. The molecule has 0 aromatic heterocycles. The van der Waals surface area contributed by atoms with Gasteiger partial charge in [0.1, 0.15) is 23.6 Å². The van der Waals surface area contributed by atoms with Crippen molar-refractivity contribution in [3.63, 3.8) is 0 Å². The van der Waals surface area contributed by atoms with Crippen LogP contribution in [0.3, 0.4) is 0 Å². The van der Waals surface area contributed by atoms with Crippen molar-refractivity contribution in [2.75, 3.05) is 5.32 Å². The fourth-order valence-electron chi connectivity index (χ4n) is 4.09. The first-order chi connectivity index (χ1) is 13.4. The second kappa shape index (κ2) is 6.08. The normalized spacial score (nSPS) is 21.4. The van der Waals surface area contributed by atoms with Gasteiger partial charge < -0.3 is 14.8 Å². The van der Waals surface area contributed by atoms with Gasteiger partial charge in [0.05, 0.1) is 6.42 Å². The molecule has 0 radical (unpaired) electrons. The Morgan fingerprint density at radius 1 is 1.07 bits per heavy atom. The van der Waals surface area contributed by atoms with Crippen LogP contribution in [0.5, 0.6) is 5.75 Å². The standard InChI is InChI=1S/C24H23NO3/c1-14-10-20-18(22-23(27-22)24(2,3)28-20)13-19(14)25-21(26)12-15-8-9-16-6-4-5-7-17(16)11-15/h4-11,13,22-23H,12H2,1-3H3,(H,25,26)/t22-,23-/m1/s1. The highest BCUT2D eigenvalue weighted by molar-refractivity contribution is 5.94. The van der Waals surface area contributed by atoms with Crippen molar-refractivity contribution in [1.29, 1.82) is 0 Å². The molecular weight excluding hydrogens is 350 g/mol. The second-order valence-corrected chi connectivity index (χ2v) is 8.29. The Labute approximate surface area is 164 Å². The molecule has 28 heavy (non-hydrogen) atoms. The van der Waals surface area contributed by atoms with E-state index < -0.39 is 0 Å². The summed E-state index contributed by atoms with van der Waals surface area (Å²) in [6.45, 7) is 6.09. The third-order valence-corrected chi connectivity index (χ3v) is 5.67. The number of hydrogen-bond acceptors (Lipinski definition) is 3. The van der Waals surface area contributed by atoms with E-state index in [0.717, 1.165) is 33.5 Å². The molecule has 0 unspecified atom stereocenters. The summed E-state index contributed by atoms with van der Waals surface area (Å²) in [6, 6.07) is 18.3. The van der Waals surface area contributed by atoms with Crippen LogP contribution in [0, 0.1) is 6.92 Å². The first-order valence-electron chi connectivity index (χ1n) is 9.67. The molecular formula is C24H23NO3. The number of amides is 1. The van der Waals surface area contributed by atoms with Gasteiger partial charge >= 0.3 is 0 Å². The number of hydrogen-bond donors (Lipinski definition) is 1. The van der Waals surface area contributed by atoms with Crippen molar-refractivity contribution >= 4 is 22.4 Å². The van der Waals surface area contributed by atoms with Gasteiger partial charge in [-0.15, -0.1) is 0 Å². The smallest absolute Gasteiger partial charge is 0.228 e. The third kappa shape index (κ3) is 2.94. The summed E-state index contributed by atoms with van der Waals surface area (Å²) in [4.78, 5) is 12.7. The molecule has 0 saturated carbocycles. The Kier molecular flexibility index (Phi) is 3.75. The zero-order chi connectivity index (χ0) is 19.5. The Morgan fingerprint density at radius 3 is 2.68 bits per heavy atom. The van der Waals surface area contributed by atoms with Crippen LogP contribution in [0.4, 0.5) is 5.69 Å². The van der Waals surface area contributed by atoms with Crippen LogP contribution >= 0.6 is 0 Å². The monoisotopic (exact) mass is 373 g/mol. The highest BCUT2D eigenvalue weighted by atomic mass is 16.6. The average Bonchev–Trinajstić information content (AvgIpc) is 3.45. The maximum Gasteiger partial charge on any atom is 0.228 e. The van der Waals surface area contributed by atoms with Crippen molar-refractivity contribution in [2.45, 2.75) is 45.0 Å². The minimum absolute atomic E-state index is 0.0244. The number of carbonyl (C=O) groups excluding carboxylic acids is 1. The van der Waals surface area contributed by atoms with E-state index in [9.17, 15) is 4.79 Å². The van der Waals surface area contributed by atoms with E-state index in [1.165, 1.54) is 5.39 Å². The summed E-state index contributed by atoms with van der Waals surface area (Å²) < 4.78 is 11.9. The minimum atomic E-state index is -0.315. The lowest BCUT2D eigenvalue weighted by Gasteiger charge is -2.30. The van der Waals surface area contributed by atoms with Crippen LogP contribution in [-0.4, -0.2) is 17.6 Å². The molecule has 1 saturated heterocycles. The molecule has 2 heterocycles. The molecule has 3 aromatic rings. The number of rotatable bonds is 3. The third-order valence-electron chi connectivity index (χ3n) is 5.67. The predicted octanol–water partition coefficient (Wildman–Crippen LogP) is 4.94. The second-order valence-electron chi connectivity index (χ2n) is 8.29. The molecule has 1 N–H and O–H groups in total. The van der Waals surface area contributed by atoms with E-state index in [1.54, 1.807) is 0 Å². The van der Waals surface area contributed by atoms with Gasteiger partial charge in [0.2, 0.25) is 5.91 Å². The maximum absolute atomic E-state index is 12.7. The molecule has 2 aliphatic heterocycles. The number of epoxide rings is 1. The van der Waals surface area contributed by atoms with E-state index in [2.05, 4.69) is 43.4 Å². The summed E-state index contributed by atoms with van der Waals surface area (Å²) in [5.41, 5.74) is 3.52. The van der Waals surface area contributed by atoms with Crippen LogP contribution in [0.2, 0.25) is 0 Å². The van der Waals surface area contributed by atoms with Crippen molar-refractivity contribution < 1.29 is 14.3 Å². The largest absolute Gasteiger partial charge is 0.485 e. The Balaban J connectivity index is 1.36. The Hall–Kier alpha value is -2.85. The lowest BCUT2D eigenvalue weighted by molar-refractivity contribution is -0.115. The van der Waals surface area contributed by atoms with E-state index in [-0.39, 0.29) is 23.7 Å². The number of fused-ring (bicyclic) bond motifs is 4.